The predicted octanol–water partition coefficient (Wildman–Crippen LogP) is 1.99. The monoisotopic (exact) mass is 349 g/mol. The lowest BCUT2D eigenvalue weighted by molar-refractivity contribution is 0.215. The van der Waals surface area contributed by atoms with Crippen molar-refractivity contribution < 1.29 is 15.0 Å². The molecule has 7 heteroatoms. The highest BCUT2D eigenvalue weighted by Gasteiger charge is 2.31. The van der Waals surface area contributed by atoms with E-state index in [0.29, 0.717) is 6.04 Å². The van der Waals surface area contributed by atoms with Crippen molar-refractivity contribution in [2.45, 2.75) is 32.1 Å². The van der Waals surface area contributed by atoms with Crippen molar-refractivity contribution in [3.05, 3.63) is 52.5 Å². The largest absolute Gasteiger partial charge is 0.392 e. The second-order valence-corrected chi connectivity index (χ2v) is 6.44. The topological polar surface area (TPSA) is 85.7 Å². The zero-order chi connectivity index (χ0) is 17.2. The molecule has 0 aliphatic carbocycles. The van der Waals surface area contributed by atoms with Gasteiger partial charge >= 0.3 is 6.03 Å². The Labute approximate surface area is 145 Å². The number of thiazole rings is 1. The smallest absolute Gasteiger partial charge is 0.317 e. The van der Waals surface area contributed by atoms with Crippen molar-refractivity contribution in [3.63, 3.8) is 0 Å². The highest BCUT2D eigenvalue weighted by atomic mass is 32.1. The van der Waals surface area contributed by atoms with E-state index in [4.69, 9.17) is 10.2 Å². The molecule has 2 aromatic rings. The van der Waals surface area contributed by atoms with Crippen LogP contribution < -0.4 is 5.32 Å². The van der Waals surface area contributed by atoms with Crippen LogP contribution in [0.4, 0.5) is 4.79 Å². The molecule has 1 aromatic carbocycles. The molecule has 2 fully saturated rings. The predicted molar refractivity (Wildman–Crippen MR) is 93.5 cm³/mol. The van der Waals surface area contributed by atoms with Crippen molar-refractivity contribution in [3.8, 4) is 0 Å². The maximum absolute atomic E-state index is 10.9. The highest BCUT2D eigenvalue weighted by Crippen LogP contribution is 2.15. The molecule has 6 nitrogen and oxygen atoms in total. The summed E-state index contributed by atoms with van der Waals surface area (Å²) >= 11 is 1.46. The molecule has 4 rings (SSSR count). The number of nitrogens with zero attached hydrogens (tertiary/aromatic N) is 2. The fourth-order valence-electron chi connectivity index (χ4n) is 2.46. The number of rotatable bonds is 2. The minimum atomic E-state index is 0.0671. The van der Waals surface area contributed by atoms with Crippen molar-refractivity contribution in [1.82, 2.24) is 15.2 Å². The summed E-state index contributed by atoms with van der Waals surface area (Å²) in [5.41, 5.74) is 0.965. The van der Waals surface area contributed by atoms with Crippen LogP contribution in [0.15, 0.2) is 41.9 Å². The number of urea groups is 1. The van der Waals surface area contributed by atoms with Gasteiger partial charge in [0.2, 0.25) is 0 Å². The third kappa shape index (κ3) is 5.92. The van der Waals surface area contributed by atoms with E-state index in [1.807, 2.05) is 40.6 Å². The van der Waals surface area contributed by atoms with Crippen LogP contribution in [0.2, 0.25) is 0 Å². The fourth-order valence-corrected chi connectivity index (χ4v) is 2.93. The second-order valence-electron chi connectivity index (χ2n) is 5.46. The molecule has 2 saturated heterocycles. The molecule has 0 saturated carbocycles. The summed E-state index contributed by atoms with van der Waals surface area (Å²) in [6.45, 7) is 2.11. The Balaban J connectivity index is 0.000000132. The van der Waals surface area contributed by atoms with Crippen molar-refractivity contribution in [2.75, 3.05) is 13.1 Å². The molecule has 130 valence electrons. The van der Waals surface area contributed by atoms with Crippen LogP contribution in [-0.2, 0) is 13.2 Å². The van der Waals surface area contributed by atoms with Gasteiger partial charge in [0.15, 0.2) is 0 Å². The molecular weight excluding hydrogens is 326 g/mol. The molecule has 2 amide bonds. The average Bonchev–Trinajstić information content (AvgIpc) is 3.25. The molecule has 24 heavy (non-hydrogen) atoms. The van der Waals surface area contributed by atoms with E-state index in [0.717, 1.165) is 23.7 Å². The van der Waals surface area contributed by atoms with Crippen molar-refractivity contribution in [1.29, 1.82) is 0 Å². The van der Waals surface area contributed by atoms with E-state index in [-0.39, 0.29) is 19.2 Å². The third-order valence-corrected chi connectivity index (χ3v) is 4.44. The van der Waals surface area contributed by atoms with Gasteiger partial charge in [-0.3, -0.25) is 0 Å². The number of hydrogen-bond donors (Lipinski definition) is 3. The summed E-state index contributed by atoms with van der Waals surface area (Å²) in [5, 5.41) is 22.4. The molecule has 3 heterocycles. The Morgan fingerprint density at radius 3 is 2.50 bits per heavy atom. The Morgan fingerprint density at radius 2 is 2.04 bits per heavy atom. The maximum Gasteiger partial charge on any atom is 0.317 e. The van der Waals surface area contributed by atoms with Crippen LogP contribution in [-0.4, -0.2) is 45.3 Å². The zero-order valence-electron chi connectivity index (χ0n) is 13.5. The molecule has 2 bridgehead atoms. The van der Waals surface area contributed by atoms with Crippen LogP contribution in [0.5, 0.6) is 0 Å². The number of piperidine rings is 1. The summed E-state index contributed by atoms with van der Waals surface area (Å²) in [6, 6.07) is 10.1. The van der Waals surface area contributed by atoms with Crippen LogP contribution in [0.25, 0.3) is 0 Å². The third-order valence-electron chi connectivity index (χ3n) is 3.68. The quantitative estimate of drug-likeness (QED) is 0.774. The van der Waals surface area contributed by atoms with E-state index in [1.165, 1.54) is 24.2 Å². The van der Waals surface area contributed by atoms with Gasteiger partial charge in [0.1, 0.15) is 5.01 Å². The van der Waals surface area contributed by atoms with Gasteiger partial charge in [-0.1, -0.05) is 30.3 Å². The fraction of sp³-hybridized carbons (Fsp3) is 0.412. The van der Waals surface area contributed by atoms with Gasteiger partial charge in [0.05, 0.1) is 13.2 Å². The summed E-state index contributed by atoms with van der Waals surface area (Å²) < 4.78 is 0. The van der Waals surface area contributed by atoms with Crippen LogP contribution in [0, 0.1) is 0 Å². The van der Waals surface area contributed by atoms with Gasteiger partial charge in [0, 0.05) is 30.7 Å². The number of amides is 2. The minimum Gasteiger partial charge on any atom is -0.392 e. The van der Waals surface area contributed by atoms with Crippen LogP contribution in [0.1, 0.15) is 23.4 Å². The van der Waals surface area contributed by atoms with Gasteiger partial charge in [-0.05, 0) is 18.4 Å². The molecule has 1 unspecified atom stereocenters. The summed E-state index contributed by atoms with van der Waals surface area (Å²) in [4.78, 5) is 16.6. The molecule has 2 aliphatic heterocycles. The summed E-state index contributed by atoms with van der Waals surface area (Å²) in [7, 11) is 0. The normalized spacial score (nSPS) is 18.0. The van der Waals surface area contributed by atoms with E-state index in [2.05, 4.69) is 10.3 Å². The average molecular weight is 349 g/mol. The summed E-state index contributed by atoms with van der Waals surface area (Å²) in [5.74, 6) is 0. The Morgan fingerprint density at radius 1 is 1.25 bits per heavy atom. The number of fused-ring (bicyclic) bond motifs is 2. The Kier molecular flexibility index (Phi) is 7.67. The number of carbonyl (C=O) groups excluding carboxylic acids is 1. The van der Waals surface area contributed by atoms with E-state index in [9.17, 15) is 4.79 Å². The Hall–Kier alpha value is -1.96. The van der Waals surface area contributed by atoms with Gasteiger partial charge in [-0.25, -0.2) is 9.78 Å². The molecule has 0 radical (unpaired) electrons. The number of aliphatic hydroxyl groups excluding tert-OH is 2. The number of nitrogens with one attached hydrogen (secondary N) is 1. The number of hydrogen-bond acceptors (Lipinski definition) is 5. The number of aromatic nitrogens is 1. The number of carbonyl (C=O) groups is 1. The molecule has 2 aliphatic rings. The first-order chi connectivity index (χ1) is 11.7. The van der Waals surface area contributed by atoms with Crippen LogP contribution in [0.3, 0.4) is 0 Å². The standard InChI is InChI=1S/C7H8O.C6H10N2O.C4H5NOS/c8-6-7-4-2-1-3-5-7;9-6-7-5-2-1-3-8(6)4-5;6-3-4-5-1-2-7-4/h1-5,8H,6H2;5H,1-4H2,(H,7,9);1-2,6H,3H2. The van der Waals surface area contributed by atoms with Gasteiger partial charge in [-0.15, -0.1) is 11.3 Å². The van der Waals surface area contributed by atoms with E-state index in [1.54, 1.807) is 6.20 Å². The lowest BCUT2D eigenvalue weighted by Crippen LogP contribution is -2.30. The SMILES string of the molecule is O=C1NC2CCCN1C2.OCc1ccccc1.OCc1nccs1. The van der Waals surface area contributed by atoms with Crippen molar-refractivity contribution in [2.24, 2.45) is 0 Å². The van der Waals surface area contributed by atoms with Crippen LogP contribution >= 0.6 is 11.3 Å². The molecule has 1 atom stereocenters. The first kappa shape index (κ1) is 18.4. The first-order valence-corrected chi connectivity index (χ1v) is 8.80. The molecule has 3 N–H and O–H groups in total. The van der Waals surface area contributed by atoms with E-state index < -0.39 is 0 Å². The van der Waals surface area contributed by atoms with Gasteiger partial charge in [0.25, 0.3) is 0 Å². The maximum atomic E-state index is 10.9. The van der Waals surface area contributed by atoms with Crippen molar-refractivity contribution >= 4 is 17.4 Å². The second kappa shape index (κ2) is 10.0. The Bertz CT molecular complexity index is 592. The number of benzene rings is 1. The number of aliphatic hydroxyl groups is 2. The van der Waals surface area contributed by atoms with E-state index >= 15 is 0 Å². The lowest BCUT2D eigenvalue weighted by atomic mass is 10.1. The molecule has 1 aromatic heterocycles. The molecular formula is C17H23N3O3S. The zero-order valence-corrected chi connectivity index (χ0v) is 14.3. The van der Waals surface area contributed by atoms with Gasteiger partial charge < -0.3 is 20.4 Å². The summed E-state index contributed by atoms with van der Waals surface area (Å²) in [6.07, 6.45) is 4.02. The minimum absolute atomic E-state index is 0.0671. The lowest BCUT2D eigenvalue weighted by Gasteiger charge is -2.18. The first-order valence-electron chi connectivity index (χ1n) is 7.92. The molecule has 0 spiro atoms. The highest BCUT2D eigenvalue weighted by molar-refractivity contribution is 7.09. The van der Waals surface area contributed by atoms with Gasteiger partial charge in [-0.2, -0.15) is 0 Å².